The molecule has 8 nitrogen and oxygen atoms in total. The van der Waals surface area contributed by atoms with Crippen molar-refractivity contribution in [3.8, 4) is 11.4 Å². The van der Waals surface area contributed by atoms with E-state index in [2.05, 4.69) is 25.9 Å². The third-order valence-electron chi connectivity index (χ3n) is 4.12. The summed E-state index contributed by atoms with van der Waals surface area (Å²) in [5.41, 5.74) is 3.67. The summed E-state index contributed by atoms with van der Waals surface area (Å²) in [5, 5.41) is 19.8. The third-order valence-corrected chi connectivity index (χ3v) is 5.04. The molecule has 0 aliphatic rings. The minimum Gasteiger partial charge on any atom is -0.310 e. The van der Waals surface area contributed by atoms with Crippen molar-refractivity contribution in [2.45, 2.75) is 19.0 Å². The lowest BCUT2D eigenvalue weighted by Crippen LogP contribution is -2.17. The summed E-state index contributed by atoms with van der Waals surface area (Å²) in [6, 6.07) is 19.4. The minimum absolute atomic E-state index is 0.161. The van der Waals surface area contributed by atoms with E-state index in [0.29, 0.717) is 11.0 Å². The van der Waals surface area contributed by atoms with Crippen LogP contribution in [0, 0.1) is 13.8 Å². The van der Waals surface area contributed by atoms with Crippen LogP contribution in [0.4, 0.5) is 5.82 Å². The van der Waals surface area contributed by atoms with Crippen LogP contribution in [0.5, 0.6) is 0 Å². The average Bonchev–Trinajstić information content (AvgIpc) is 3.33. The first kappa shape index (κ1) is 18.9. The van der Waals surface area contributed by atoms with E-state index in [1.807, 2.05) is 74.5 Å². The fourth-order valence-electron chi connectivity index (χ4n) is 2.85. The van der Waals surface area contributed by atoms with Gasteiger partial charge in [-0.05, 0) is 54.1 Å². The van der Waals surface area contributed by atoms with Gasteiger partial charge in [0.1, 0.15) is 5.82 Å². The van der Waals surface area contributed by atoms with E-state index in [1.54, 1.807) is 9.36 Å². The Kier molecular flexibility index (Phi) is 5.39. The third kappa shape index (κ3) is 4.35. The predicted molar refractivity (Wildman–Crippen MR) is 112 cm³/mol. The Balaban J connectivity index is 1.46. The van der Waals surface area contributed by atoms with Crippen LogP contribution in [0.15, 0.2) is 65.8 Å². The molecule has 2 aromatic heterocycles. The zero-order valence-corrected chi connectivity index (χ0v) is 16.8. The lowest BCUT2D eigenvalue weighted by Gasteiger charge is -2.09. The molecule has 0 atom stereocenters. The average molecular weight is 405 g/mol. The molecule has 1 amide bonds. The summed E-state index contributed by atoms with van der Waals surface area (Å²) in [5.74, 6) is 0.633. The molecule has 29 heavy (non-hydrogen) atoms. The predicted octanol–water partition coefficient (Wildman–Crippen LogP) is 3.20. The minimum atomic E-state index is -0.161. The van der Waals surface area contributed by atoms with Gasteiger partial charge >= 0.3 is 0 Å². The summed E-state index contributed by atoms with van der Waals surface area (Å²) >= 11 is 1.28. The number of amides is 1. The molecule has 2 aromatic carbocycles. The molecule has 0 unspecified atom stereocenters. The molecule has 0 bridgehead atoms. The number of tetrazole rings is 1. The van der Waals surface area contributed by atoms with Gasteiger partial charge < -0.3 is 5.32 Å². The highest BCUT2D eigenvalue weighted by molar-refractivity contribution is 7.99. The molecule has 4 rings (SSSR count). The van der Waals surface area contributed by atoms with Gasteiger partial charge in [0.2, 0.25) is 11.1 Å². The maximum Gasteiger partial charge on any atom is 0.236 e. The second-order valence-electron chi connectivity index (χ2n) is 6.47. The summed E-state index contributed by atoms with van der Waals surface area (Å²) in [4.78, 5) is 12.6. The molecule has 1 N–H and O–H groups in total. The number of nitrogens with one attached hydrogen (secondary N) is 1. The number of thioether (sulfide) groups is 1. The van der Waals surface area contributed by atoms with Crippen molar-refractivity contribution >= 4 is 23.5 Å². The van der Waals surface area contributed by atoms with Gasteiger partial charge in [-0.25, -0.2) is 4.68 Å². The van der Waals surface area contributed by atoms with Crippen molar-refractivity contribution in [1.29, 1.82) is 0 Å². The fourth-order valence-corrected chi connectivity index (χ4v) is 3.55. The van der Waals surface area contributed by atoms with Gasteiger partial charge in [0, 0.05) is 6.07 Å². The van der Waals surface area contributed by atoms with E-state index in [-0.39, 0.29) is 11.7 Å². The molecule has 4 aromatic rings. The Labute approximate surface area is 171 Å². The number of hydrogen-bond donors (Lipinski definition) is 1. The van der Waals surface area contributed by atoms with Crippen LogP contribution in [0.2, 0.25) is 0 Å². The number of benzene rings is 2. The van der Waals surface area contributed by atoms with Crippen molar-refractivity contribution in [3.05, 3.63) is 71.9 Å². The molecule has 0 aliphatic carbocycles. The molecule has 2 heterocycles. The van der Waals surface area contributed by atoms with E-state index >= 15 is 0 Å². The first-order valence-electron chi connectivity index (χ1n) is 9.00. The topological polar surface area (TPSA) is 90.5 Å². The quantitative estimate of drug-likeness (QED) is 0.496. The van der Waals surface area contributed by atoms with E-state index in [0.717, 1.165) is 22.6 Å². The van der Waals surface area contributed by atoms with E-state index in [4.69, 9.17) is 0 Å². The molecule has 0 saturated carbocycles. The van der Waals surface area contributed by atoms with Gasteiger partial charge in [0.05, 0.1) is 22.8 Å². The number of anilines is 1. The smallest absolute Gasteiger partial charge is 0.236 e. The van der Waals surface area contributed by atoms with Gasteiger partial charge in [0.25, 0.3) is 0 Å². The van der Waals surface area contributed by atoms with E-state index in [1.165, 1.54) is 11.8 Å². The first-order valence-corrected chi connectivity index (χ1v) is 9.99. The van der Waals surface area contributed by atoms with Crippen molar-refractivity contribution in [3.63, 3.8) is 0 Å². The number of para-hydroxylation sites is 1. The maximum absolute atomic E-state index is 12.6. The van der Waals surface area contributed by atoms with Crippen LogP contribution < -0.4 is 5.32 Å². The number of aryl methyl sites for hydroxylation is 2. The normalized spacial score (nSPS) is 10.8. The second-order valence-corrected chi connectivity index (χ2v) is 7.41. The standard InChI is InChI=1S/C20H19N7OS/c1-14-7-6-10-17(11-14)27-20(22-24-25-27)29-13-19(28)21-18-12-15(2)23-26(18)16-8-4-3-5-9-16/h3-12H,13H2,1-2H3,(H,21,28). The van der Waals surface area contributed by atoms with Gasteiger partial charge in [0.15, 0.2) is 0 Å². The summed E-state index contributed by atoms with van der Waals surface area (Å²) < 4.78 is 3.35. The van der Waals surface area contributed by atoms with Crippen molar-refractivity contribution in [2.75, 3.05) is 11.1 Å². The SMILES string of the molecule is Cc1cccc(-n2nnnc2SCC(=O)Nc2cc(C)nn2-c2ccccc2)c1. The van der Waals surface area contributed by atoms with E-state index < -0.39 is 0 Å². The molecular weight excluding hydrogens is 386 g/mol. The molecule has 146 valence electrons. The summed E-state index contributed by atoms with van der Waals surface area (Å²) in [7, 11) is 0. The number of nitrogens with zero attached hydrogens (tertiary/aromatic N) is 6. The zero-order chi connectivity index (χ0) is 20.2. The Hall–Kier alpha value is -3.46. The van der Waals surface area contributed by atoms with Crippen LogP contribution >= 0.6 is 11.8 Å². The van der Waals surface area contributed by atoms with Crippen molar-refractivity contribution in [2.24, 2.45) is 0 Å². The van der Waals surface area contributed by atoms with Crippen LogP contribution in [-0.2, 0) is 4.79 Å². The van der Waals surface area contributed by atoms with Crippen LogP contribution in [0.25, 0.3) is 11.4 Å². The van der Waals surface area contributed by atoms with Gasteiger partial charge in [-0.15, -0.1) is 5.10 Å². The Morgan fingerprint density at radius 3 is 2.59 bits per heavy atom. The number of carbonyl (C=O) groups excluding carboxylic acids is 1. The Bertz CT molecular complexity index is 1140. The molecule has 0 fully saturated rings. The first-order chi connectivity index (χ1) is 14.1. The number of rotatable bonds is 6. The lowest BCUT2D eigenvalue weighted by molar-refractivity contribution is -0.113. The fraction of sp³-hybridized carbons (Fsp3) is 0.150. The molecule has 0 saturated heterocycles. The van der Waals surface area contributed by atoms with Gasteiger partial charge in [-0.3, -0.25) is 4.79 Å². The van der Waals surface area contributed by atoms with Crippen LogP contribution in [-0.4, -0.2) is 41.6 Å². The monoisotopic (exact) mass is 405 g/mol. The largest absolute Gasteiger partial charge is 0.310 e. The van der Waals surface area contributed by atoms with Gasteiger partial charge in [-0.2, -0.15) is 9.78 Å². The molecular formula is C20H19N7OS. The summed E-state index contributed by atoms with van der Waals surface area (Å²) in [6.07, 6.45) is 0. The van der Waals surface area contributed by atoms with E-state index in [9.17, 15) is 4.79 Å². The summed E-state index contributed by atoms with van der Waals surface area (Å²) in [6.45, 7) is 3.89. The molecule has 0 aliphatic heterocycles. The van der Waals surface area contributed by atoms with Gasteiger partial charge in [-0.1, -0.05) is 42.1 Å². The highest BCUT2D eigenvalue weighted by Crippen LogP contribution is 2.20. The van der Waals surface area contributed by atoms with Crippen LogP contribution in [0.1, 0.15) is 11.3 Å². The highest BCUT2D eigenvalue weighted by atomic mass is 32.2. The van der Waals surface area contributed by atoms with Crippen molar-refractivity contribution in [1.82, 2.24) is 30.0 Å². The zero-order valence-electron chi connectivity index (χ0n) is 16.0. The Morgan fingerprint density at radius 1 is 1.00 bits per heavy atom. The maximum atomic E-state index is 12.6. The number of aromatic nitrogens is 6. The van der Waals surface area contributed by atoms with Crippen LogP contribution in [0.3, 0.4) is 0 Å². The lowest BCUT2D eigenvalue weighted by atomic mass is 10.2. The highest BCUT2D eigenvalue weighted by Gasteiger charge is 2.14. The molecule has 9 heteroatoms. The molecule has 0 spiro atoms. The molecule has 0 radical (unpaired) electrons. The second kappa shape index (κ2) is 8.27. The number of carbonyl (C=O) groups is 1. The Morgan fingerprint density at radius 2 is 1.79 bits per heavy atom. The number of hydrogen-bond acceptors (Lipinski definition) is 6. The van der Waals surface area contributed by atoms with Crippen molar-refractivity contribution < 1.29 is 4.79 Å².